The van der Waals surface area contributed by atoms with Gasteiger partial charge in [-0.3, -0.25) is 10.1 Å². The number of rotatable bonds is 6. The van der Waals surface area contributed by atoms with Crippen LogP contribution in [0.15, 0.2) is 36.4 Å². The molecule has 0 saturated heterocycles. The van der Waals surface area contributed by atoms with Crippen LogP contribution in [0.5, 0.6) is 11.5 Å². The van der Waals surface area contributed by atoms with Gasteiger partial charge in [-0.05, 0) is 29.8 Å². The van der Waals surface area contributed by atoms with Crippen molar-refractivity contribution < 1.29 is 23.9 Å². The molecule has 0 saturated carbocycles. The molecule has 0 spiro atoms. The van der Waals surface area contributed by atoms with Crippen molar-refractivity contribution in [2.24, 2.45) is 0 Å². The first-order chi connectivity index (χ1) is 11.5. The Bertz CT molecular complexity index is 777. The first-order valence-electron chi connectivity index (χ1n) is 6.78. The lowest BCUT2D eigenvalue weighted by atomic mass is 10.2. The smallest absolute Gasteiger partial charge is 0.338 e. The summed E-state index contributed by atoms with van der Waals surface area (Å²) in [5.41, 5.74) is 0.383. The number of nitrogens with zero attached hydrogens (tertiary/aromatic N) is 1. The first-order valence-corrected chi connectivity index (χ1v) is 7.16. The van der Waals surface area contributed by atoms with Crippen LogP contribution >= 0.6 is 11.6 Å². The molecule has 7 nitrogen and oxygen atoms in total. The Balaban J connectivity index is 2.11. The maximum Gasteiger partial charge on any atom is 0.338 e. The van der Waals surface area contributed by atoms with Crippen LogP contribution in [-0.4, -0.2) is 25.1 Å². The number of carbonyl (C=O) groups is 1. The lowest BCUT2D eigenvalue weighted by molar-refractivity contribution is -0.384. The van der Waals surface area contributed by atoms with Gasteiger partial charge in [0.1, 0.15) is 11.6 Å². The van der Waals surface area contributed by atoms with Crippen LogP contribution in [0.25, 0.3) is 0 Å². The lowest BCUT2D eigenvalue weighted by Crippen LogP contribution is -2.06. The van der Waals surface area contributed by atoms with Gasteiger partial charge in [-0.15, -0.1) is 0 Å². The molecule has 0 radical (unpaired) electrons. The molecular weight excluding hydrogens is 338 g/mol. The standard InChI is InChI=1S/C16H14ClNO6/c1-22-14-6-3-10(7-15(14)23-2)9-24-16(19)11-4-5-12(17)13(8-11)18(20)21/h3-8H,9H2,1-2H3. The average Bonchev–Trinajstić information content (AvgIpc) is 2.59. The molecular formula is C16H14ClNO6. The van der Waals surface area contributed by atoms with E-state index in [9.17, 15) is 14.9 Å². The Morgan fingerprint density at radius 3 is 2.46 bits per heavy atom. The summed E-state index contributed by atoms with van der Waals surface area (Å²) in [6, 6.07) is 8.82. The molecule has 2 aromatic rings. The van der Waals surface area contributed by atoms with Crippen LogP contribution in [0, 0.1) is 10.1 Å². The minimum absolute atomic E-state index is 0.0182. The van der Waals surface area contributed by atoms with Crippen LogP contribution in [0.4, 0.5) is 5.69 Å². The largest absolute Gasteiger partial charge is 0.493 e. The molecule has 0 N–H and O–H groups in total. The second kappa shape index (κ2) is 7.65. The van der Waals surface area contributed by atoms with E-state index in [1.54, 1.807) is 18.2 Å². The van der Waals surface area contributed by atoms with Gasteiger partial charge < -0.3 is 14.2 Å². The summed E-state index contributed by atoms with van der Waals surface area (Å²) < 4.78 is 15.5. The molecule has 0 aliphatic rings. The van der Waals surface area contributed by atoms with Crippen molar-refractivity contribution in [2.75, 3.05) is 14.2 Å². The SMILES string of the molecule is COc1ccc(COC(=O)c2ccc(Cl)c([N+](=O)[O-])c2)cc1OC. The third-order valence-electron chi connectivity index (χ3n) is 3.20. The second-order valence-electron chi connectivity index (χ2n) is 4.69. The van der Waals surface area contributed by atoms with Gasteiger partial charge in [0.05, 0.1) is 24.7 Å². The van der Waals surface area contributed by atoms with Gasteiger partial charge in [0.25, 0.3) is 5.69 Å². The van der Waals surface area contributed by atoms with Gasteiger partial charge in [-0.2, -0.15) is 0 Å². The Hall–Kier alpha value is -2.80. The van der Waals surface area contributed by atoms with E-state index < -0.39 is 10.9 Å². The fraction of sp³-hybridized carbons (Fsp3) is 0.188. The number of halogens is 1. The van der Waals surface area contributed by atoms with Crippen LogP contribution in [0.2, 0.25) is 5.02 Å². The third kappa shape index (κ3) is 3.94. The minimum Gasteiger partial charge on any atom is -0.493 e. The highest BCUT2D eigenvalue weighted by Gasteiger charge is 2.17. The molecule has 8 heteroatoms. The number of esters is 1. The molecule has 0 aliphatic carbocycles. The van der Waals surface area contributed by atoms with Gasteiger partial charge in [0.15, 0.2) is 11.5 Å². The molecule has 0 bridgehead atoms. The van der Waals surface area contributed by atoms with Crippen molar-refractivity contribution in [3.63, 3.8) is 0 Å². The topological polar surface area (TPSA) is 87.9 Å². The Labute approximate surface area is 142 Å². The van der Waals surface area contributed by atoms with Crippen molar-refractivity contribution >= 4 is 23.3 Å². The van der Waals surface area contributed by atoms with E-state index in [2.05, 4.69) is 0 Å². The summed E-state index contributed by atoms with van der Waals surface area (Å²) in [5.74, 6) is 0.374. The summed E-state index contributed by atoms with van der Waals surface area (Å²) in [6.07, 6.45) is 0. The van der Waals surface area contributed by atoms with E-state index >= 15 is 0 Å². The van der Waals surface area contributed by atoms with E-state index in [-0.39, 0.29) is 22.9 Å². The predicted octanol–water partition coefficient (Wildman–Crippen LogP) is 3.62. The maximum atomic E-state index is 12.0. The van der Waals surface area contributed by atoms with E-state index in [1.165, 1.54) is 26.4 Å². The predicted molar refractivity (Wildman–Crippen MR) is 86.8 cm³/mol. The van der Waals surface area contributed by atoms with E-state index in [4.69, 9.17) is 25.8 Å². The Morgan fingerprint density at radius 2 is 1.83 bits per heavy atom. The summed E-state index contributed by atoms with van der Waals surface area (Å²) in [6.45, 7) is -0.0182. The molecule has 0 aliphatic heterocycles. The van der Waals surface area contributed by atoms with Gasteiger partial charge in [0.2, 0.25) is 0 Å². The summed E-state index contributed by atoms with van der Waals surface area (Å²) >= 11 is 5.71. The van der Waals surface area contributed by atoms with E-state index in [0.717, 1.165) is 6.07 Å². The van der Waals surface area contributed by atoms with Gasteiger partial charge in [0, 0.05) is 6.07 Å². The zero-order chi connectivity index (χ0) is 17.7. The lowest BCUT2D eigenvalue weighted by Gasteiger charge is -2.10. The van der Waals surface area contributed by atoms with Crippen LogP contribution in [-0.2, 0) is 11.3 Å². The van der Waals surface area contributed by atoms with E-state index in [0.29, 0.717) is 17.1 Å². The second-order valence-corrected chi connectivity index (χ2v) is 5.10. The molecule has 0 heterocycles. The average molecular weight is 352 g/mol. The highest BCUT2D eigenvalue weighted by atomic mass is 35.5. The van der Waals surface area contributed by atoms with Crippen molar-refractivity contribution in [1.29, 1.82) is 0 Å². The maximum absolute atomic E-state index is 12.0. The molecule has 0 atom stereocenters. The third-order valence-corrected chi connectivity index (χ3v) is 3.52. The van der Waals surface area contributed by atoms with Crippen LogP contribution in [0.3, 0.4) is 0 Å². The van der Waals surface area contributed by atoms with Gasteiger partial charge in [-0.1, -0.05) is 17.7 Å². The van der Waals surface area contributed by atoms with Crippen LogP contribution < -0.4 is 9.47 Å². The van der Waals surface area contributed by atoms with E-state index in [1.807, 2.05) is 0 Å². The van der Waals surface area contributed by atoms with Crippen molar-refractivity contribution in [3.8, 4) is 11.5 Å². The molecule has 24 heavy (non-hydrogen) atoms. The van der Waals surface area contributed by atoms with Gasteiger partial charge in [-0.25, -0.2) is 4.79 Å². The molecule has 0 aromatic heterocycles. The highest BCUT2D eigenvalue weighted by molar-refractivity contribution is 6.32. The molecule has 126 valence electrons. The first kappa shape index (κ1) is 17.6. The number of methoxy groups -OCH3 is 2. The number of hydrogen-bond acceptors (Lipinski definition) is 6. The number of ether oxygens (including phenoxy) is 3. The monoisotopic (exact) mass is 351 g/mol. The number of carbonyl (C=O) groups excluding carboxylic acids is 1. The molecule has 2 rings (SSSR count). The molecule has 0 fully saturated rings. The zero-order valence-corrected chi connectivity index (χ0v) is 13.7. The molecule has 2 aromatic carbocycles. The number of benzene rings is 2. The Morgan fingerprint density at radius 1 is 1.12 bits per heavy atom. The summed E-state index contributed by atoms with van der Waals surface area (Å²) in [7, 11) is 3.02. The Kier molecular flexibility index (Phi) is 5.59. The normalized spacial score (nSPS) is 10.1. The fourth-order valence-electron chi connectivity index (χ4n) is 1.98. The zero-order valence-electron chi connectivity index (χ0n) is 12.9. The summed E-state index contributed by atoms with van der Waals surface area (Å²) in [5, 5.41) is 10.8. The highest BCUT2D eigenvalue weighted by Crippen LogP contribution is 2.28. The van der Waals surface area contributed by atoms with Crippen molar-refractivity contribution in [3.05, 3.63) is 62.7 Å². The van der Waals surface area contributed by atoms with Crippen molar-refractivity contribution in [1.82, 2.24) is 0 Å². The van der Waals surface area contributed by atoms with Gasteiger partial charge >= 0.3 is 5.97 Å². The van der Waals surface area contributed by atoms with Crippen LogP contribution in [0.1, 0.15) is 15.9 Å². The summed E-state index contributed by atoms with van der Waals surface area (Å²) in [4.78, 5) is 22.2. The number of nitro benzene ring substituents is 1. The quantitative estimate of drug-likeness (QED) is 0.448. The number of hydrogen-bond donors (Lipinski definition) is 0. The van der Waals surface area contributed by atoms with Crippen molar-refractivity contribution in [2.45, 2.75) is 6.61 Å². The fourth-order valence-corrected chi connectivity index (χ4v) is 2.17. The minimum atomic E-state index is -0.690. The molecule has 0 unspecified atom stereocenters. The molecule has 0 amide bonds. The number of nitro groups is 1.